The summed E-state index contributed by atoms with van der Waals surface area (Å²) in [5.74, 6) is 0. The van der Waals surface area contributed by atoms with Crippen LogP contribution in [0, 0.1) is 0 Å². The Balaban J connectivity index is 2.01. The van der Waals surface area contributed by atoms with E-state index in [4.69, 9.17) is 0 Å². The molecule has 0 bridgehead atoms. The highest BCUT2D eigenvalue weighted by Gasteiger charge is 2.35. The molecule has 2 heteroatoms. The number of likely N-dealkylation sites (tertiary alicyclic amines) is 1. The van der Waals surface area contributed by atoms with Gasteiger partial charge in [0.25, 0.3) is 0 Å². The van der Waals surface area contributed by atoms with Gasteiger partial charge in [0, 0.05) is 5.54 Å². The highest BCUT2D eigenvalue weighted by atomic mass is 15.2. The normalized spacial score (nSPS) is 28.6. The van der Waals surface area contributed by atoms with Gasteiger partial charge in [-0.3, -0.25) is 4.90 Å². The van der Waals surface area contributed by atoms with Gasteiger partial charge in [-0.05, 0) is 58.3 Å². The highest BCUT2D eigenvalue weighted by molar-refractivity contribution is 4.94. The molecule has 2 aliphatic rings. The molecule has 2 aliphatic heterocycles. The fourth-order valence-corrected chi connectivity index (χ4v) is 3.33. The minimum Gasteiger partial charge on any atom is -0.317 e. The van der Waals surface area contributed by atoms with Crippen molar-refractivity contribution in [2.75, 3.05) is 26.2 Å². The van der Waals surface area contributed by atoms with Crippen LogP contribution in [0.15, 0.2) is 0 Å². The van der Waals surface area contributed by atoms with Gasteiger partial charge in [-0.2, -0.15) is 0 Å². The number of hydrogen-bond donors (Lipinski definition) is 1. The molecule has 0 amide bonds. The van der Waals surface area contributed by atoms with Gasteiger partial charge in [0.1, 0.15) is 0 Å². The van der Waals surface area contributed by atoms with E-state index in [2.05, 4.69) is 17.1 Å². The Morgan fingerprint density at radius 2 is 1.60 bits per heavy atom. The van der Waals surface area contributed by atoms with Gasteiger partial charge in [-0.15, -0.1) is 0 Å². The maximum Gasteiger partial charge on any atom is 0.0231 e. The number of piperidine rings is 1. The lowest BCUT2D eigenvalue weighted by Gasteiger charge is -2.46. The summed E-state index contributed by atoms with van der Waals surface area (Å²) in [5.41, 5.74) is 0.551. The van der Waals surface area contributed by atoms with Crippen LogP contribution in [0.3, 0.4) is 0 Å². The molecule has 88 valence electrons. The van der Waals surface area contributed by atoms with Crippen molar-refractivity contribution in [2.24, 2.45) is 0 Å². The van der Waals surface area contributed by atoms with Crippen LogP contribution in [0.5, 0.6) is 0 Å². The molecule has 0 aromatic rings. The first-order valence-corrected chi connectivity index (χ1v) is 6.83. The molecular formula is C13H26N2. The zero-order chi connectivity index (χ0) is 10.6. The number of rotatable bonds is 2. The van der Waals surface area contributed by atoms with Crippen molar-refractivity contribution in [3.05, 3.63) is 0 Å². The molecular weight excluding hydrogens is 184 g/mol. The number of nitrogens with one attached hydrogen (secondary N) is 1. The molecule has 2 heterocycles. The first-order chi connectivity index (χ1) is 7.37. The predicted molar refractivity (Wildman–Crippen MR) is 65.2 cm³/mol. The standard InChI is InChI=1S/C13H26N2/c1-2-13(7-9-14-10-8-13)15-11-5-3-4-6-12-15/h14H,2-12H2,1H3. The second-order valence-corrected chi connectivity index (χ2v) is 5.23. The van der Waals surface area contributed by atoms with Crippen molar-refractivity contribution in [3.63, 3.8) is 0 Å². The van der Waals surface area contributed by atoms with Crippen LogP contribution in [0.2, 0.25) is 0 Å². The Hall–Kier alpha value is -0.0800. The van der Waals surface area contributed by atoms with Crippen LogP contribution in [-0.2, 0) is 0 Å². The van der Waals surface area contributed by atoms with E-state index >= 15 is 0 Å². The Kier molecular flexibility index (Phi) is 4.04. The lowest BCUT2D eigenvalue weighted by atomic mass is 9.83. The third-order valence-electron chi connectivity index (χ3n) is 4.47. The van der Waals surface area contributed by atoms with Crippen LogP contribution in [0.4, 0.5) is 0 Å². The average Bonchev–Trinajstić information content (AvgIpc) is 2.59. The SMILES string of the molecule is CCC1(N2CCCCCC2)CCNCC1. The highest BCUT2D eigenvalue weighted by Crippen LogP contribution is 2.31. The molecule has 0 aromatic heterocycles. The van der Waals surface area contributed by atoms with E-state index in [1.165, 1.54) is 71.1 Å². The molecule has 0 atom stereocenters. The maximum absolute atomic E-state index is 3.50. The van der Waals surface area contributed by atoms with Crippen molar-refractivity contribution < 1.29 is 0 Å². The summed E-state index contributed by atoms with van der Waals surface area (Å²) in [4.78, 5) is 2.82. The maximum atomic E-state index is 3.50. The lowest BCUT2D eigenvalue weighted by Crippen LogP contribution is -2.54. The van der Waals surface area contributed by atoms with Gasteiger partial charge in [0.05, 0.1) is 0 Å². The fourth-order valence-electron chi connectivity index (χ4n) is 3.33. The van der Waals surface area contributed by atoms with Crippen molar-refractivity contribution in [1.82, 2.24) is 10.2 Å². The van der Waals surface area contributed by atoms with Gasteiger partial charge in [-0.1, -0.05) is 19.8 Å². The molecule has 0 unspecified atom stereocenters. The smallest absolute Gasteiger partial charge is 0.0231 e. The van der Waals surface area contributed by atoms with E-state index in [1.807, 2.05) is 0 Å². The Bertz CT molecular complexity index is 177. The lowest BCUT2D eigenvalue weighted by molar-refractivity contribution is 0.0553. The second kappa shape index (κ2) is 5.31. The molecule has 0 aromatic carbocycles. The van der Waals surface area contributed by atoms with E-state index in [9.17, 15) is 0 Å². The zero-order valence-electron chi connectivity index (χ0n) is 10.2. The Morgan fingerprint density at radius 1 is 1.00 bits per heavy atom. The minimum atomic E-state index is 0.551. The van der Waals surface area contributed by atoms with E-state index < -0.39 is 0 Å². The van der Waals surface area contributed by atoms with Gasteiger partial charge in [0.15, 0.2) is 0 Å². The summed E-state index contributed by atoms with van der Waals surface area (Å²) in [7, 11) is 0. The molecule has 15 heavy (non-hydrogen) atoms. The van der Waals surface area contributed by atoms with Crippen LogP contribution < -0.4 is 5.32 Å². The largest absolute Gasteiger partial charge is 0.317 e. The topological polar surface area (TPSA) is 15.3 Å². The van der Waals surface area contributed by atoms with Crippen molar-refractivity contribution in [1.29, 1.82) is 0 Å². The van der Waals surface area contributed by atoms with Crippen molar-refractivity contribution in [2.45, 2.75) is 57.4 Å². The quantitative estimate of drug-likeness (QED) is 0.753. The summed E-state index contributed by atoms with van der Waals surface area (Å²) in [6.07, 6.45) is 9.83. The van der Waals surface area contributed by atoms with Crippen LogP contribution >= 0.6 is 0 Å². The van der Waals surface area contributed by atoms with Gasteiger partial charge in [0.2, 0.25) is 0 Å². The molecule has 0 spiro atoms. The molecule has 2 saturated heterocycles. The summed E-state index contributed by atoms with van der Waals surface area (Å²) >= 11 is 0. The van der Waals surface area contributed by atoms with Crippen LogP contribution in [0.25, 0.3) is 0 Å². The van der Waals surface area contributed by atoms with E-state index in [0.717, 1.165) is 0 Å². The van der Waals surface area contributed by atoms with Gasteiger partial charge < -0.3 is 5.32 Å². The average molecular weight is 210 g/mol. The third kappa shape index (κ3) is 2.54. The van der Waals surface area contributed by atoms with E-state index in [0.29, 0.717) is 5.54 Å². The zero-order valence-corrected chi connectivity index (χ0v) is 10.2. The molecule has 2 rings (SSSR count). The van der Waals surface area contributed by atoms with Crippen molar-refractivity contribution in [3.8, 4) is 0 Å². The molecule has 0 aliphatic carbocycles. The molecule has 2 fully saturated rings. The van der Waals surface area contributed by atoms with Crippen LogP contribution in [-0.4, -0.2) is 36.6 Å². The first kappa shape index (κ1) is 11.4. The van der Waals surface area contributed by atoms with E-state index in [1.54, 1.807) is 0 Å². The number of nitrogens with zero attached hydrogens (tertiary/aromatic N) is 1. The fraction of sp³-hybridized carbons (Fsp3) is 1.00. The second-order valence-electron chi connectivity index (χ2n) is 5.23. The molecule has 0 saturated carbocycles. The predicted octanol–water partition coefficient (Wildman–Crippen LogP) is 2.39. The van der Waals surface area contributed by atoms with E-state index in [-0.39, 0.29) is 0 Å². The molecule has 0 radical (unpaired) electrons. The summed E-state index contributed by atoms with van der Waals surface area (Å²) in [5, 5.41) is 3.50. The summed E-state index contributed by atoms with van der Waals surface area (Å²) < 4.78 is 0. The third-order valence-corrected chi connectivity index (χ3v) is 4.47. The summed E-state index contributed by atoms with van der Waals surface area (Å²) in [6, 6.07) is 0. The molecule has 2 nitrogen and oxygen atoms in total. The molecule has 1 N–H and O–H groups in total. The monoisotopic (exact) mass is 210 g/mol. The van der Waals surface area contributed by atoms with Crippen LogP contribution in [0.1, 0.15) is 51.9 Å². The summed E-state index contributed by atoms with van der Waals surface area (Å²) in [6.45, 7) is 7.55. The number of hydrogen-bond acceptors (Lipinski definition) is 2. The first-order valence-electron chi connectivity index (χ1n) is 6.83. The van der Waals surface area contributed by atoms with Gasteiger partial charge in [-0.25, -0.2) is 0 Å². The van der Waals surface area contributed by atoms with Gasteiger partial charge >= 0.3 is 0 Å². The Morgan fingerprint density at radius 3 is 2.13 bits per heavy atom. The minimum absolute atomic E-state index is 0.551. The van der Waals surface area contributed by atoms with Crippen molar-refractivity contribution >= 4 is 0 Å². The Labute approximate surface area is 94.4 Å².